The fourth-order valence-corrected chi connectivity index (χ4v) is 17.5. The maximum atomic E-state index is 14.4. The molecular weight excluding hydrogens is 1120 g/mol. The zero-order chi connectivity index (χ0) is 52.9. The first-order chi connectivity index (χ1) is 36.9. The molecule has 14 fully saturated rings. The lowest BCUT2D eigenvalue weighted by molar-refractivity contribution is -0.383. The highest BCUT2D eigenvalue weighted by Crippen LogP contribution is 2.56. The molecule has 77 heavy (non-hydrogen) atoms. The lowest BCUT2D eigenvalue weighted by Crippen LogP contribution is -2.65. The summed E-state index contributed by atoms with van der Waals surface area (Å²) in [5.41, 5.74) is 7.76. The summed E-state index contributed by atoms with van der Waals surface area (Å²) in [6, 6.07) is 0. The minimum absolute atomic E-state index is 0.00206. The monoisotopic (exact) mass is 1200 g/mol. The van der Waals surface area contributed by atoms with Crippen LogP contribution >= 0.6 is 22.6 Å². The average molecular weight is 1200 g/mol. The van der Waals surface area contributed by atoms with Crippen LogP contribution in [0.3, 0.4) is 0 Å². The Balaban J connectivity index is 0.681. The summed E-state index contributed by atoms with van der Waals surface area (Å²) in [6.45, 7) is 13.7. The zero-order valence-electron chi connectivity index (χ0n) is 44.3. The number of alkyl halides is 1. The van der Waals surface area contributed by atoms with Gasteiger partial charge in [0.05, 0.1) is 90.0 Å². The zero-order valence-corrected chi connectivity index (χ0v) is 46.5. The maximum absolute atomic E-state index is 14.4. The van der Waals surface area contributed by atoms with E-state index in [2.05, 4.69) is 49.6 Å². The van der Waals surface area contributed by atoms with Crippen LogP contribution in [0.2, 0.25) is 0 Å². The van der Waals surface area contributed by atoms with Gasteiger partial charge in [-0.2, -0.15) is 0 Å². The van der Waals surface area contributed by atoms with Crippen LogP contribution in [0.15, 0.2) is 24.3 Å². The summed E-state index contributed by atoms with van der Waals surface area (Å²) in [7, 11) is 0. The average Bonchev–Trinajstić information content (AvgIpc) is 4.41. The van der Waals surface area contributed by atoms with Crippen molar-refractivity contribution in [2.45, 2.75) is 298 Å². The number of carbonyl (C=O) groups is 1. The Bertz CT molecular complexity index is 2260. The van der Waals surface area contributed by atoms with Crippen LogP contribution in [0.4, 0.5) is 0 Å². The highest BCUT2D eigenvalue weighted by molar-refractivity contribution is 14.1. The van der Waals surface area contributed by atoms with Gasteiger partial charge in [-0.1, -0.05) is 49.6 Å². The van der Waals surface area contributed by atoms with E-state index < -0.39 is 109 Å². The Morgan fingerprint density at radius 2 is 1.39 bits per heavy atom. The van der Waals surface area contributed by atoms with Gasteiger partial charge in [-0.3, -0.25) is 4.79 Å². The first-order valence-corrected chi connectivity index (χ1v) is 30.5. The second-order valence-electron chi connectivity index (χ2n) is 25.7. The van der Waals surface area contributed by atoms with Crippen molar-refractivity contribution < 1.29 is 91.2 Å². The molecule has 14 saturated heterocycles. The van der Waals surface area contributed by atoms with Crippen molar-refractivity contribution in [1.82, 2.24) is 0 Å². The molecule has 1 unspecified atom stereocenters. The number of hydrogen-bond donors (Lipinski definition) is 4. The molecule has 0 aromatic carbocycles. The van der Waals surface area contributed by atoms with Crippen LogP contribution in [0.1, 0.15) is 136 Å². The third-order valence-electron chi connectivity index (χ3n) is 20.1. The van der Waals surface area contributed by atoms with Gasteiger partial charge in [0, 0.05) is 51.4 Å². The number of fused-ring (bicyclic) bond motifs is 13. The van der Waals surface area contributed by atoms with Crippen molar-refractivity contribution in [3.05, 3.63) is 24.3 Å². The van der Waals surface area contributed by atoms with Crippen LogP contribution in [0, 0.1) is 11.8 Å². The molecule has 5 N–H and O–H groups in total. The summed E-state index contributed by atoms with van der Waals surface area (Å²) in [6.07, 6.45) is -0.393. The van der Waals surface area contributed by atoms with Crippen LogP contribution in [-0.4, -0.2) is 190 Å². The van der Waals surface area contributed by atoms with E-state index in [0.717, 1.165) is 36.8 Å². The third-order valence-corrected chi connectivity index (χ3v) is 21.5. The number of rotatable bonds is 3. The molecule has 20 nitrogen and oxygen atoms in total. The minimum atomic E-state index is -2.15. The SMILES string of the molecule is C=C1C[C@@H]2CC[C@]34CC(O)(O)C(O3)[C@@H]3O[C@H]5CC[C@H](CC(=O)O[C@@H]6C[C@@H]7O[C@@H]8C[C@]9(C[C@@H]%10O[C@@]%11(CC[C@@H]%10O9)C[C@H](C)[C@@H]9O[C@H]([C@@H](O)CCN)C[C@@H]9O%11)O[C@@H]8O[C@@H]7O[C@H]6C[C@H]6O[C@@H](CC[C@@H]1O2)C[C@@H](C)C6=C)O[C@@H]5[C@H](O4)[C@@H]3I. The van der Waals surface area contributed by atoms with E-state index >= 15 is 0 Å². The second-order valence-corrected chi connectivity index (χ2v) is 27.1. The molecule has 0 aromatic heterocycles. The lowest BCUT2D eigenvalue weighted by Gasteiger charge is -2.50. The van der Waals surface area contributed by atoms with E-state index in [0.29, 0.717) is 90.0 Å². The predicted octanol–water partition coefficient (Wildman–Crippen LogP) is 4.30. The summed E-state index contributed by atoms with van der Waals surface area (Å²) < 4.78 is 101. The maximum Gasteiger partial charge on any atom is 0.308 e. The standard InChI is InChI=1S/C56H80INO19/c1-25-15-29-5-7-33-26(2)16-31(63-33)9-12-54-24-56(61,62)50(76-54)49-45(57)48(75-54)47-35(68-49)8-6-30(65-47)17-44(60)67-38-20-41-51(70-39(38)18-36(64-29)28(25)4)71-52-43(66-41)23-55(77-52)22-42-34(72-55)10-13-53(74-42)21-27(3)46-40(73-53)19-37(69-46)32(59)11-14-58/h25,27,29-43,45-52,59,61-62H,2,4-24,58H2,1,3H3/t25-,27+,29+,30-,31+,32+,33+,34+,35+,36-,37+,38-,39+,40+,41+,42+,43-,45+,46+,47+,48-,49-,50?,51+,52+,53+,54-,55+/m1/s1. The summed E-state index contributed by atoms with van der Waals surface area (Å²) >= 11 is 2.28. The lowest BCUT2D eigenvalue weighted by atomic mass is 9.83. The van der Waals surface area contributed by atoms with E-state index in [4.69, 9.17) is 76.8 Å². The van der Waals surface area contributed by atoms with Crippen molar-refractivity contribution in [3.8, 4) is 0 Å². The molecule has 0 aromatic rings. The molecule has 14 aliphatic heterocycles. The number of ether oxygens (including phenoxy) is 15. The van der Waals surface area contributed by atoms with Crippen molar-refractivity contribution in [2.24, 2.45) is 17.6 Å². The fourth-order valence-electron chi connectivity index (χ4n) is 16.3. The minimum Gasteiger partial charge on any atom is -0.459 e. The highest BCUT2D eigenvalue weighted by atomic mass is 127. The number of esters is 1. The van der Waals surface area contributed by atoms with Gasteiger partial charge in [-0.05, 0) is 87.3 Å². The van der Waals surface area contributed by atoms with Crippen LogP contribution in [-0.2, 0) is 75.8 Å². The first kappa shape index (κ1) is 53.9. The number of carbonyl (C=O) groups excluding carboxylic acids is 1. The summed E-state index contributed by atoms with van der Waals surface area (Å²) in [4.78, 5) is 14.4. The number of aliphatic hydroxyl groups is 3. The largest absolute Gasteiger partial charge is 0.459 e. The number of aliphatic hydroxyl groups excluding tert-OH is 1. The molecule has 0 saturated carbocycles. The quantitative estimate of drug-likeness (QED) is 0.101. The molecule has 14 heterocycles. The van der Waals surface area contributed by atoms with Crippen LogP contribution < -0.4 is 5.73 Å². The summed E-state index contributed by atoms with van der Waals surface area (Å²) in [5.74, 6) is -5.33. The van der Waals surface area contributed by atoms with Gasteiger partial charge in [0.1, 0.15) is 48.8 Å². The Morgan fingerprint density at radius 3 is 2.25 bits per heavy atom. The molecule has 10 bridgehead atoms. The van der Waals surface area contributed by atoms with Gasteiger partial charge in [0.15, 0.2) is 35.7 Å². The van der Waals surface area contributed by atoms with E-state index in [1.165, 1.54) is 0 Å². The fraction of sp³-hybridized carbons (Fsp3) is 0.911. The van der Waals surface area contributed by atoms with E-state index in [1.54, 1.807) is 0 Å². The molecule has 430 valence electrons. The second kappa shape index (κ2) is 20.3. The molecule has 28 atom stereocenters. The Labute approximate surface area is 463 Å². The summed E-state index contributed by atoms with van der Waals surface area (Å²) in [5, 5.41) is 33.6. The highest BCUT2D eigenvalue weighted by Gasteiger charge is 2.68. The predicted molar refractivity (Wildman–Crippen MR) is 273 cm³/mol. The van der Waals surface area contributed by atoms with Gasteiger partial charge in [0.2, 0.25) is 0 Å². The van der Waals surface area contributed by atoms with Crippen LogP contribution in [0.5, 0.6) is 0 Å². The number of halogens is 1. The Kier molecular flexibility index (Phi) is 14.3. The first-order valence-electron chi connectivity index (χ1n) is 29.2. The molecule has 0 radical (unpaired) electrons. The molecule has 3 spiro atoms. The van der Waals surface area contributed by atoms with Gasteiger partial charge >= 0.3 is 5.97 Å². The van der Waals surface area contributed by atoms with Gasteiger partial charge in [-0.15, -0.1) is 0 Å². The molecule has 0 amide bonds. The Morgan fingerprint density at radius 1 is 0.610 bits per heavy atom. The van der Waals surface area contributed by atoms with E-state index in [-0.39, 0.29) is 83.5 Å². The van der Waals surface area contributed by atoms with Gasteiger partial charge in [0.25, 0.3) is 0 Å². The van der Waals surface area contributed by atoms with E-state index in [9.17, 15) is 20.1 Å². The van der Waals surface area contributed by atoms with Crippen molar-refractivity contribution in [3.63, 3.8) is 0 Å². The molecule has 14 aliphatic rings. The Hall–Kier alpha value is -1.04. The van der Waals surface area contributed by atoms with Crippen molar-refractivity contribution in [2.75, 3.05) is 6.54 Å². The molecule has 0 aliphatic carbocycles. The molecule has 14 rings (SSSR count). The number of hydrogen-bond acceptors (Lipinski definition) is 20. The van der Waals surface area contributed by atoms with Gasteiger partial charge in [-0.25, -0.2) is 0 Å². The smallest absolute Gasteiger partial charge is 0.308 e. The molecule has 21 heteroatoms. The van der Waals surface area contributed by atoms with Gasteiger partial charge < -0.3 is 92.1 Å². The molecular formula is C56H80INO19. The van der Waals surface area contributed by atoms with Crippen molar-refractivity contribution >= 4 is 28.6 Å². The van der Waals surface area contributed by atoms with E-state index in [1.807, 2.05) is 0 Å². The number of nitrogens with two attached hydrogens (primary N) is 1. The normalized spacial score (nSPS) is 55.3. The van der Waals surface area contributed by atoms with Crippen LogP contribution in [0.25, 0.3) is 0 Å². The van der Waals surface area contributed by atoms with Crippen molar-refractivity contribution in [1.29, 1.82) is 0 Å². The third kappa shape index (κ3) is 9.88. The topological polar surface area (TPSA) is 242 Å².